The fourth-order valence-electron chi connectivity index (χ4n) is 3.40. The summed E-state index contributed by atoms with van der Waals surface area (Å²) in [5.41, 5.74) is 7.51. The van der Waals surface area contributed by atoms with Crippen LogP contribution in [0.2, 0.25) is 0 Å². The molecule has 0 bridgehead atoms. The van der Waals surface area contributed by atoms with E-state index in [-0.39, 0.29) is 11.3 Å². The zero-order valence-corrected chi connectivity index (χ0v) is 18.7. The van der Waals surface area contributed by atoms with Crippen molar-refractivity contribution < 1.29 is 13.2 Å². The van der Waals surface area contributed by atoms with E-state index in [1.165, 1.54) is 0 Å². The highest BCUT2D eigenvalue weighted by Gasteiger charge is 2.19. The summed E-state index contributed by atoms with van der Waals surface area (Å²) >= 11 is 0. The monoisotopic (exact) mass is 453 g/mol. The molecule has 0 fully saturated rings. The maximum absolute atomic E-state index is 12.8. The summed E-state index contributed by atoms with van der Waals surface area (Å²) in [6.07, 6.45) is 3.43. The number of rotatable bonds is 9. The van der Waals surface area contributed by atoms with Crippen LogP contribution in [0, 0.1) is 5.41 Å². The average molecular weight is 454 g/mol. The van der Waals surface area contributed by atoms with Gasteiger partial charge in [0.15, 0.2) is 5.96 Å². The molecule has 0 aliphatic carbocycles. The summed E-state index contributed by atoms with van der Waals surface area (Å²) in [6.45, 7) is 2.07. The highest BCUT2D eigenvalue weighted by molar-refractivity contribution is 7.92. The van der Waals surface area contributed by atoms with Gasteiger partial charge in [-0.1, -0.05) is 68.7 Å². The number of carbonyl (C=O) groups is 1. The van der Waals surface area contributed by atoms with Gasteiger partial charge >= 0.3 is 0 Å². The van der Waals surface area contributed by atoms with Crippen molar-refractivity contribution in [1.29, 1.82) is 5.41 Å². The van der Waals surface area contributed by atoms with E-state index in [1.54, 1.807) is 24.3 Å². The number of fused-ring (bicyclic) bond motifs is 1. The van der Waals surface area contributed by atoms with Gasteiger partial charge in [-0.2, -0.15) is 0 Å². The average Bonchev–Trinajstić information content (AvgIpc) is 2.76. The van der Waals surface area contributed by atoms with Crippen LogP contribution in [0.4, 0.5) is 5.69 Å². The number of sulfonamides is 1. The maximum atomic E-state index is 12.8. The van der Waals surface area contributed by atoms with Crippen LogP contribution in [0.15, 0.2) is 54.6 Å². The van der Waals surface area contributed by atoms with Gasteiger partial charge in [-0.25, -0.2) is 13.4 Å². The molecule has 0 saturated heterocycles. The molecule has 0 aliphatic rings. The van der Waals surface area contributed by atoms with E-state index in [2.05, 4.69) is 21.9 Å². The number of para-hydroxylation sites is 1. The SMILES string of the molecule is CCCCCCS(=O)(=O)Nc1cccc2c(C(=O)NC(=N)N)cc(-c3ccccc3)nc12. The van der Waals surface area contributed by atoms with Crippen molar-refractivity contribution in [2.24, 2.45) is 5.73 Å². The Morgan fingerprint density at radius 2 is 1.81 bits per heavy atom. The van der Waals surface area contributed by atoms with Gasteiger partial charge in [0.1, 0.15) is 0 Å². The van der Waals surface area contributed by atoms with E-state index < -0.39 is 21.9 Å². The molecule has 0 spiro atoms. The third-order valence-electron chi connectivity index (χ3n) is 4.93. The van der Waals surface area contributed by atoms with Gasteiger partial charge in [-0.15, -0.1) is 0 Å². The second kappa shape index (κ2) is 10.2. The molecule has 0 saturated carbocycles. The van der Waals surface area contributed by atoms with Crippen molar-refractivity contribution >= 4 is 38.5 Å². The lowest BCUT2D eigenvalue weighted by Gasteiger charge is -2.14. The minimum atomic E-state index is -3.58. The predicted octanol–water partition coefficient (Wildman–Crippen LogP) is 3.85. The van der Waals surface area contributed by atoms with E-state index in [9.17, 15) is 13.2 Å². The van der Waals surface area contributed by atoms with Crippen LogP contribution in [0.5, 0.6) is 0 Å². The zero-order valence-electron chi connectivity index (χ0n) is 17.9. The predicted molar refractivity (Wildman–Crippen MR) is 128 cm³/mol. The number of hydrogen-bond donors (Lipinski definition) is 4. The number of nitrogens with one attached hydrogen (secondary N) is 3. The van der Waals surface area contributed by atoms with E-state index in [4.69, 9.17) is 11.1 Å². The summed E-state index contributed by atoms with van der Waals surface area (Å²) in [7, 11) is -3.58. The topological polar surface area (TPSA) is 138 Å². The van der Waals surface area contributed by atoms with Crippen LogP contribution in [-0.2, 0) is 10.0 Å². The lowest BCUT2D eigenvalue weighted by molar-refractivity contribution is 0.0978. The summed E-state index contributed by atoms with van der Waals surface area (Å²) in [4.78, 5) is 17.4. The van der Waals surface area contributed by atoms with Crippen LogP contribution < -0.4 is 15.8 Å². The number of unbranched alkanes of at least 4 members (excludes halogenated alkanes) is 3. The Bertz CT molecular complexity index is 1230. The number of anilines is 1. The van der Waals surface area contributed by atoms with Gasteiger partial charge in [0.25, 0.3) is 5.91 Å². The smallest absolute Gasteiger partial charge is 0.258 e. The standard InChI is InChI=1S/C23H27N5O3S/c1-2-3-4-8-14-32(30,31)28-19-13-9-12-17-18(22(29)27-23(24)25)15-20(26-21(17)19)16-10-6-5-7-11-16/h5-7,9-13,15,28H,2-4,8,14H2,1H3,(H4,24,25,27,29). The molecule has 168 valence electrons. The molecule has 9 heteroatoms. The van der Waals surface area contributed by atoms with Gasteiger partial charge in [0.2, 0.25) is 10.0 Å². The third kappa shape index (κ3) is 5.82. The Labute approximate surface area is 187 Å². The molecule has 1 amide bonds. The van der Waals surface area contributed by atoms with Crippen molar-refractivity contribution in [1.82, 2.24) is 10.3 Å². The van der Waals surface area contributed by atoms with Gasteiger partial charge < -0.3 is 5.73 Å². The Balaban J connectivity index is 2.08. The Morgan fingerprint density at radius 3 is 2.50 bits per heavy atom. The first-order valence-electron chi connectivity index (χ1n) is 10.5. The molecule has 1 aromatic heterocycles. The molecule has 0 aliphatic heterocycles. The minimum Gasteiger partial charge on any atom is -0.370 e. The minimum absolute atomic E-state index is 0.0133. The number of carbonyl (C=O) groups excluding carboxylic acids is 1. The van der Waals surface area contributed by atoms with Crippen LogP contribution in [0.3, 0.4) is 0 Å². The molecule has 32 heavy (non-hydrogen) atoms. The number of nitrogens with two attached hydrogens (primary N) is 1. The van der Waals surface area contributed by atoms with Crippen LogP contribution in [-0.4, -0.2) is 31.0 Å². The van der Waals surface area contributed by atoms with E-state index in [0.29, 0.717) is 28.7 Å². The highest BCUT2D eigenvalue weighted by Crippen LogP contribution is 2.30. The van der Waals surface area contributed by atoms with E-state index in [0.717, 1.165) is 24.8 Å². The van der Waals surface area contributed by atoms with Crippen molar-refractivity contribution in [2.45, 2.75) is 32.6 Å². The van der Waals surface area contributed by atoms with Crippen LogP contribution in [0.1, 0.15) is 43.0 Å². The first-order valence-corrected chi connectivity index (χ1v) is 12.1. The maximum Gasteiger partial charge on any atom is 0.258 e. The van der Waals surface area contributed by atoms with Gasteiger partial charge in [0, 0.05) is 10.9 Å². The van der Waals surface area contributed by atoms with Gasteiger partial charge in [-0.05, 0) is 18.6 Å². The van der Waals surface area contributed by atoms with Crippen LogP contribution in [0.25, 0.3) is 22.2 Å². The largest absolute Gasteiger partial charge is 0.370 e. The molecule has 3 rings (SSSR count). The first kappa shape index (κ1) is 23.2. The van der Waals surface area contributed by atoms with Crippen LogP contribution >= 0.6 is 0 Å². The molecule has 0 atom stereocenters. The quantitative estimate of drug-likeness (QED) is 0.221. The molecule has 2 aromatic carbocycles. The summed E-state index contributed by atoms with van der Waals surface area (Å²) in [5, 5.41) is 10.1. The lowest BCUT2D eigenvalue weighted by atomic mass is 10.0. The number of hydrogen-bond acceptors (Lipinski definition) is 5. The van der Waals surface area contributed by atoms with Gasteiger partial charge in [-0.3, -0.25) is 20.2 Å². The number of guanidine groups is 1. The Hall–Kier alpha value is -3.46. The number of nitrogens with zero attached hydrogens (tertiary/aromatic N) is 1. The fraction of sp³-hybridized carbons (Fsp3) is 0.261. The first-order chi connectivity index (χ1) is 15.3. The molecule has 1 heterocycles. The molecule has 3 aromatic rings. The number of amides is 1. The molecular formula is C23H27N5O3S. The van der Waals surface area contributed by atoms with Crippen molar-refractivity contribution in [2.75, 3.05) is 10.5 Å². The number of aromatic nitrogens is 1. The fourth-order valence-corrected chi connectivity index (χ4v) is 4.59. The van der Waals surface area contributed by atoms with E-state index >= 15 is 0 Å². The summed E-state index contributed by atoms with van der Waals surface area (Å²) < 4.78 is 28.0. The van der Waals surface area contributed by atoms with Crippen molar-refractivity contribution in [3.05, 3.63) is 60.2 Å². The number of benzene rings is 2. The Kier molecular flexibility index (Phi) is 7.42. The molecule has 0 unspecified atom stereocenters. The van der Waals surface area contributed by atoms with E-state index in [1.807, 2.05) is 30.3 Å². The number of pyridine rings is 1. The third-order valence-corrected chi connectivity index (χ3v) is 6.29. The molecule has 8 nitrogen and oxygen atoms in total. The van der Waals surface area contributed by atoms with Gasteiger partial charge in [0.05, 0.1) is 28.2 Å². The molecule has 5 N–H and O–H groups in total. The lowest BCUT2D eigenvalue weighted by Crippen LogP contribution is -2.35. The second-order valence-corrected chi connectivity index (χ2v) is 9.31. The zero-order chi connectivity index (χ0) is 23.1. The highest BCUT2D eigenvalue weighted by atomic mass is 32.2. The normalized spacial score (nSPS) is 11.3. The summed E-state index contributed by atoms with van der Waals surface area (Å²) in [6, 6.07) is 15.8. The second-order valence-electron chi connectivity index (χ2n) is 7.47. The van der Waals surface area contributed by atoms with Crippen molar-refractivity contribution in [3.8, 4) is 11.3 Å². The Morgan fingerprint density at radius 1 is 1.06 bits per heavy atom. The summed E-state index contributed by atoms with van der Waals surface area (Å²) in [5.74, 6) is -1.04. The van der Waals surface area contributed by atoms with Crippen molar-refractivity contribution in [3.63, 3.8) is 0 Å². The molecule has 0 radical (unpaired) electrons. The molecular weight excluding hydrogens is 426 g/mol.